The second-order valence-electron chi connectivity index (χ2n) is 4.79. The first-order valence-electron chi connectivity index (χ1n) is 6.66. The maximum atomic E-state index is 6.72. The van der Waals surface area contributed by atoms with Crippen molar-refractivity contribution in [3.8, 4) is 5.75 Å². The molecular formula is C18H14Cl2O. The first-order chi connectivity index (χ1) is 10.2. The lowest BCUT2D eigenvalue weighted by atomic mass is 9.97. The number of alkyl halides is 1. The fraction of sp³-hybridized carbons (Fsp3) is 0.111. The molecule has 0 fully saturated rings. The van der Waals surface area contributed by atoms with E-state index < -0.39 is 0 Å². The predicted molar refractivity (Wildman–Crippen MR) is 89.6 cm³/mol. The van der Waals surface area contributed by atoms with Gasteiger partial charge in [0.2, 0.25) is 0 Å². The summed E-state index contributed by atoms with van der Waals surface area (Å²) in [5.41, 5.74) is 1.98. The molecule has 0 aliphatic heterocycles. The molecule has 0 N–H and O–H groups in total. The SMILES string of the molecule is COc1ccccc1C(Cl)c1ccc(Cl)c2ccccc12. The highest BCUT2D eigenvalue weighted by molar-refractivity contribution is 6.36. The Bertz CT molecular complexity index is 783. The molecule has 3 rings (SSSR count). The molecule has 0 aromatic heterocycles. The summed E-state index contributed by atoms with van der Waals surface area (Å²) in [5.74, 6) is 0.788. The van der Waals surface area contributed by atoms with Crippen LogP contribution in [0.1, 0.15) is 16.5 Å². The van der Waals surface area contributed by atoms with Gasteiger partial charge >= 0.3 is 0 Å². The Morgan fingerprint density at radius 3 is 2.24 bits per heavy atom. The summed E-state index contributed by atoms with van der Waals surface area (Å²) in [6.45, 7) is 0. The molecule has 0 aliphatic carbocycles. The third kappa shape index (κ3) is 2.59. The predicted octanol–water partition coefficient (Wildman–Crippen LogP) is 5.83. The molecule has 1 unspecified atom stereocenters. The Morgan fingerprint density at radius 1 is 0.810 bits per heavy atom. The number of para-hydroxylation sites is 1. The van der Waals surface area contributed by atoms with E-state index in [1.807, 2.05) is 60.7 Å². The van der Waals surface area contributed by atoms with Crippen LogP contribution in [-0.4, -0.2) is 7.11 Å². The summed E-state index contributed by atoms with van der Waals surface area (Å²) >= 11 is 13.0. The Kier molecular flexibility index (Phi) is 4.05. The van der Waals surface area contributed by atoms with Crippen molar-refractivity contribution in [1.82, 2.24) is 0 Å². The molecule has 1 atom stereocenters. The highest BCUT2D eigenvalue weighted by atomic mass is 35.5. The van der Waals surface area contributed by atoms with E-state index in [0.29, 0.717) is 0 Å². The van der Waals surface area contributed by atoms with E-state index in [1.54, 1.807) is 7.11 Å². The van der Waals surface area contributed by atoms with Gasteiger partial charge in [-0.3, -0.25) is 0 Å². The molecule has 0 saturated heterocycles. The van der Waals surface area contributed by atoms with Gasteiger partial charge in [-0.05, 0) is 23.1 Å². The average molecular weight is 317 g/mol. The zero-order chi connectivity index (χ0) is 14.8. The second kappa shape index (κ2) is 5.97. The standard InChI is InChI=1S/C18H14Cl2O/c1-21-17-9-5-4-8-15(17)18(20)14-10-11-16(19)13-7-3-2-6-12(13)14/h2-11,18H,1H3. The third-order valence-corrected chi connectivity index (χ3v) is 4.39. The van der Waals surface area contributed by atoms with E-state index in [0.717, 1.165) is 32.7 Å². The van der Waals surface area contributed by atoms with Gasteiger partial charge in [0.15, 0.2) is 0 Å². The van der Waals surface area contributed by atoms with Crippen molar-refractivity contribution in [2.24, 2.45) is 0 Å². The van der Waals surface area contributed by atoms with Crippen LogP contribution in [0.15, 0.2) is 60.7 Å². The van der Waals surface area contributed by atoms with Crippen LogP contribution in [-0.2, 0) is 0 Å². The Labute approximate surface area is 134 Å². The largest absolute Gasteiger partial charge is 0.496 e. The number of hydrogen-bond donors (Lipinski definition) is 0. The van der Waals surface area contributed by atoms with Crippen LogP contribution >= 0.6 is 23.2 Å². The fourth-order valence-corrected chi connectivity index (χ4v) is 3.15. The van der Waals surface area contributed by atoms with Crippen molar-refractivity contribution in [2.45, 2.75) is 5.38 Å². The molecule has 0 radical (unpaired) electrons. The molecule has 3 heteroatoms. The summed E-state index contributed by atoms with van der Waals surface area (Å²) in [4.78, 5) is 0. The smallest absolute Gasteiger partial charge is 0.123 e. The molecule has 3 aromatic rings. The van der Waals surface area contributed by atoms with Crippen LogP contribution in [0.3, 0.4) is 0 Å². The number of hydrogen-bond acceptors (Lipinski definition) is 1. The number of ether oxygens (including phenoxy) is 1. The summed E-state index contributed by atoms with van der Waals surface area (Å²) < 4.78 is 5.41. The molecule has 106 valence electrons. The first kappa shape index (κ1) is 14.2. The van der Waals surface area contributed by atoms with E-state index in [9.17, 15) is 0 Å². The Balaban J connectivity index is 2.18. The third-order valence-electron chi connectivity index (χ3n) is 3.59. The lowest BCUT2D eigenvalue weighted by Crippen LogP contribution is -1.98. The molecule has 1 nitrogen and oxygen atoms in total. The summed E-state index contributed by atoms with van der Waals surface area (Å²) in [5, 5.41) is 2.52. The van der Waals surface area contributed by atoms with Crippen molar-refractivity contribution in [2.75, 3.05) is 7.11 Å². The van der Waals surface area contributed by atoms with E-state index in [4.69, 9.17) is 27.9 Å². The van der Waals surface area contributed by atoms with Crippen LogP contribution in [0.5, 0.6) is 5.75 Å². The maximum Gasteiger partial charge on any atom is 0.123 e. The normalized spacial score (nSPS) is 12.3. The van der Waals surface area contributed by atoms with Gasteiger partial charge in [-0.2, -0.15) is 0 Å². The topological polar surface area (TPSA) is 9.23 Å². The van der Waals surface area contributed by atoms with Gasteiger partial charge in [-0.15, -0.1) is 11.6 Å². The molecule has 0 heterocycles. The van der Waals surface area contributed by atoms with Gasteiger partial charge in [0.05, 0.1) is 12.5 Å². The maximum absolute atomic E-state index is 6.72. The molecular weight excluding hydrogens is 303 g/mol. The number of methoxy groups -OCH3 is 1. The highest BCUT2D eigenvalue weighted by Gasteiger charge is 2.18. The second-order valence-corrected chi connectivity index (χ2v) is 5.63. The van der Waals surface area contributed by atoms with Gasteiger partial charge in [0.1, 0.15) is 5.75 Å². The molecule has 0 aliphatic rings. The zero-order valence-electron chi connectivity index (χ0n) is 11.5. The number of fused-ring (bicyclic) bond motifs is 1. The molecule has 0 spiro atoms. The zero-order valence-corrected chi connectivity index (χ0v) is 13.0. The average Bonchev–Trinajstić information content (AvgIpc) is 2.55. The van der Waals surface area contributed by atoms with E-state index in [1.165, 1.54) is 0 Å². The summed E-state index contributed by atoms with van der Waals surface area (Å²) in [7, 11) is 1.66. The van der Waals surface area contributed by atoms with Crippen LogP contribution < -0.4 is 4.74 Å². The fourth-order valence-electron chi connectivity index (χ4n) is 2.55. The van der Waals surface area contributed by atoms with Crippen LogP contribution in [0, 0.1) is 0 Å². The van der Waals surface area contributed by atoms with Gasteiger partial charge in [0.25, 0.3) is 0 Å². The van der Waals surface area contributed by atoms with Crippen LogP contribution in [0.2, 0.25) is 5.02 Å². The Morgan fingerprint density at radius 2 is 1.48 bits per heavy atom. The number of rotatable bonds is 3. The van der Waals surface area contributed by atoms with E-state index in [-0.39, 0.29) is 5.38 Å². The van der Waals surface area contributed by atoms with Gasteiger partial charge in [-0.25, -0.2) is 0 Å². The lowest BCUT2D eigenvalue weighted by molar-refractivity contribution is 0.410. The quantitative estimate of drug-likeness (QED) is 0.552. The minimum Gasteiger partial charge on any atom is -0.496 e. The monoisotopic (exact) mass is 316 g/mol. The molecule has 0 saturated carbocycles. The minimum atomic E-state index is -0.289. The molecule has 0 bridgehead atoms. The van der Waals surface area contributed by atoms with Crippen molar-refractivity contribution < 1.29 is 4.74 Å². The molecule has 0 amide bonds. The first-order valence-corrected chi connectivity index (χ1v) is 7.48. The van der Waals surface area contributed by atoms with Gasteiger partial charge < -0.3 is 4.74 Å². The van der Waals surface area contributed by atoms with E-state index in [2.05, 4.69) is 0 Å². The van der Waals surface area contributed by atoms with Gasteiger partial charge in [0, 0.05) is 16.0 Å². The van der Waals surface area contributed by atoms with Crippen molar-refractivity contribution in [1.29, 1.82) is 0 Å². The van der Waals surface area contributed by atoms with Crippen LogP contribution in [0.25, 0.3) is 10.8 Å². The van der Waals surface area contributed by atoms with E-state index >= 15 is 0 Å². The molecule has 3 aromatic carbocycles. The number of benzene rings is 3. The van der Waals surface area contributed by atoms with Crippen molar-refractivity contribution in [3.05, 3.63) is 76.8 Å². The lowest BCUT2D eigenvalue weighted by Gasteiger charge is -2.16. The summed E-state index contributed by atoms with van der Waals surface area (Å²) in [6, 6.07) is 19.7. The molecule has 21 heavy (non-hydrogen) atoms. The Hall–Kier alpha value is -1.70. The van der Waals surface area contributed by atoms with Gasteiger partial charge in [-0.1, -0.05) is 60.1 Å². The van der Waals surface area contributed by atoms with Crippen LogP contribution in [0.4, 0.5) is 0 Å². The number of halogens is 2. The van der Waals surface area contributed by atoms with Crippen molar-refractivity contribution >= 4 is 34.0 Å². The van der Waals surface area contributed by atoms with Crippen molar-refractivity contribution in [3.63, 3.8) is 0 Å². The minimum absolute atomic E-state index is 0.289. The summed E-state index contributed by atoms with van der Waals surface area (Å²) in [6.07, 6.45) is 0. The highest BCUT2D eigenvalue weighted by Crippen LogP contribution is 2.39.